The summed E-state index contributed by atoms with van der Waals surface area (Å²) in [6, 6.07) is 5.51. The van der Waals surface area contributed by atoms with Crippen molar-refractivity contribution >= 4 is 27.9 Å². The Balaban J connectivity index is 2.62. The van der Waals surface area contributed by atoms with Gasteiger partial charge in [0.25, 0.3) is 0 Å². The number of nitrogens with one attached hydrogen (secondary N) is 1. The van der Waals surface area contributed by atoms with E-state index in [1.165, 1.54) is 13.2 Å². The lowest BCUT2D eigenvalue weighted by atomic mass is 10.1. The number of aliphatic hydroxyl groups is 1. The van der Waals surface area contributed by atoms with Crippen molar-refractivity contribution < 1.29 is 14.6 Å². The molecule has 19 heavy (non-hydrogen) atoms. The molecule has 0 bridgehead atoms. The van der Waals surface area contributed by atoms with Gasteiger partial charge in [-0.25, -0.2) is 0 Å². The molecule has 1 unspecified atom stereocenters. The minimum Gasteiger partial charge on any atom is -0.394 e. The number of halogens is 1. The maximum atomic E-state index is 11.7. The molecule has 1 aromatic carbocycles. The average molecular weight is 328 g/mol. The predicted octanol–water partition coefficient (Wildman–Crippen LogP) is 1.89. The van der Waals surface area contributed by atoms with Gasteiger partial charge in [0.15, 0.2) is 0 Å². The molecule has 0 aromatic heterocycles. The number of carbonyl (C=O) groups excluding carboxylic acids is 1. The van der Waals surface area contributed by atoms with Crippen molar-refractivity contribution in [3.05, 3.63) is 39.9 Å². The van der Waals surface area contributed by atoms with Crippen LogP contribution in [0, 0.1) is 6.92 Å². The molecule has 1 atom stereocenters. The predicted molar refractivity (Wildman–Crippen MR) is 78.8 cm³/mol. The molecule has 0 aliphatic heterocycles. The van der Waals surface area contributed by atoms with E-state index in [9.17, 15) is 4.79 Å². The third-order valence-corrected chi connectivity index (χ3v) is 3.19. The van der Waals surface area contributed by atoms with E-state index in [1.54, 1.807) is 6.08 Å². The number of aliphatic hydroxyl groups excluding tert-OH is 1. The zero-order chi connectivity index (χ0) is 14.3. The molecule has 0 aliphatic rings. The molecule has 2 N–H and O–H groups in total. The molecule has 5 heteroatoms. The summed E-state index contributed by atoms with van der Waals surface area (Å²) in [6.07, 6.45) is 3.16. The van der Waals surface area contributed by atoms with Gasteiger partial charge < -0.3 is 15.2 Å². The van der Waals surface area contributed by atoms with E-state index in [0.29, 0.717) is 0 Å². The summed E-state index contributed by atoms with van der Waals surface area (Å²) >= 11 is 3.44. The van der Waals surface area contributed by atoms with E-state index in [-0.39, 0.29) is 25.2 Å². The first kappa shape index (κ1) is 15.9. The van der Waals surface area contributed by atoms with Crippen LogP contribution in [0.4, 0.5) is 0 Å². The van der Waals surface area contributed by atoms with E-state index in [4.69, 9.17) is 9.84 Å². The lowest BCUT2D eigenvalue weighted by Gasteiger charge is -2.13. The number of carbonyl (C=O) groups is 1. The van der Waals surface area contributed by atoms with Gasteiger partial charge in [0.1, 0.15) is 0 Å². The van der Waals surface area contributed by atoms with Crippen LogP contribution in [0.2, 0.25) is 0 Å². The van der Waals surface area contributed by atoms with Gasteiger partial charge in [0.05, 0.1) is 19.3 Å². The Morgan fingerprint density at radius 1 is 1.58 bits per heavy atom. The highest BCUT2D eigenvalue weighted by Crippen LogP contribution is 2.19. The van der Waals surface area contributed by atoms with Crippen LogP contribution >= 0.6 is 15.9 Å². The number of ether oxygens (including phenoxy) is 1. The van der Waals surface area contributed by atoms with Crippen LogP contribution in [0.25, 0.3) is 6.08 Å². The van der Waals surface area contributed by atoms with Crippen molar-refractivity contribution in [1.82, 2.24) is 5.32 Å². The molecule has 0 spiro atoms. The number of hydrogen-bond donors (Lipinski definition) is 2. The summed E-state index contributed by atoms with van der Waals surface area (Å²) in [6.45, 7) is 2.13. The topological polar surface area (TPSA) is 58.6 Å². The second kappa shape index (κ2) is 8.09. The Labute approximate surface area is 121 Å². The van der Waals surface area contributed by atoms with Crippen molar-refractivity contribution in [2.24, 2.45) is 0 Å². The summed E-state index contributed by atoms with van der Waals surface area (Å²) < 4.78 is 5.82. The number of aryl methyl sites for hydroxylation is 1. The highest BCUT2D eigenvalue weighted by atomic mass is 79.9. The van der Waals surface area contributed by atoms with Crippen LogP contribution in [0.15, 0.2) is 28.7 Å². The molecular weight excluding hydrogens is 310 g/mol. The van der Waals surface area contributed by atoms with Crippen molar-refractivity contribution in [3.63, 3.8) is 0 Å². The van der Waals surface area contributed by atoms with E-state index in [1.807, 2.05) is 25.1 Å². The van der Waals surface area contributed by atoms with Crippen LogP contribution in [0.1, 0.15) is 11.1 Å². The summed E-state index contributed by atoms with van der Waals surface area (Å²) in [7, 11) is 1.52. The quantitative estimate of drug-likeness (QED) is 0.784. The largest absolute Gasteiger partial charge is 0.394 e. The molecule has 0 radical (unpaired) electrons. The Kier molecular flexibility index (Phi) is 6.77. The van der Waals surface area contributed by atoms with Gasteiger partial charge in [0.2, 0.25) is 5.91 Å². The van der Waals surface area contributed by atoms with Gasteiger partial charge in [0, 0.05) is 17.7 Å². The monoisotopic (exact) mass is 327 g/mol. The molecule has 1 amide bonds. The number of hydrogen-bond acceptors (Lipinski definition) is 3. The molecule has 4 nitrogen and oxygen atoms in total. The molecular formula is C14H18BrNO3. The Morgan fingerprint density at radius 3 is 2.89 bits per heavy atom. The summed E-state index contributed by atoms with van der Waals surface area (Å²) in [5, 5.41) is 11.7. The third-order valence-electron chi connectivity index (χ3n) is 2.50. The zero-order valence-corrected chi connectivity index (χ0v) is 12.6. The first-order chi connectivity index (χ1) is 9.06. The van der Waals surface area contributed by atoms with Gasteiger partial charge in [-0.3, -0.25) is 4.79 Å². The van der Waals surface area contributed by atoms with Crippen LogP contribution in [0.5, 0.6) is 0 Å². The highest BCUT2D eigenvalue weighted by Gasteiger charge is 2.08. The molecule has 104 valence electrons. The fourth-order valence-electron chi connectivity index (χ4n) is 1.52. The van der Waals surface area contributed by atoms with Crippen LogP contribution in [-0.2, 0) is 9.53 Å². The standard InChI is InChI=1S/C14H18BrNO3/c1-10-3-4-11(13(15)7-10)5-6-14(18)16-12(8-17)9-19-2/h3-7,12,17H,8-9H2,1-2H3,(H,16,18)/b6-5+. The number of methoxy groups -OCH3 is 1. The van der Waals surface area contributed by atoms with E-state index < -0.39 is 0 Å². The Hall–Kier alpha value is -1.17. The van der Waals surface area contributed by atoms with Crippen molar-refractivity contribution in [2.75, 3.05) is 20.3 Å². The van der Waals surface area contributed by atoms with Crippen molar-refractivity contribution in [2.45, 2.75) is 13.0 Å². The maximum absolute atomic E-state index is 11.7. The lowest BCUT2D eigenvalue weighted by Crippen LogP contribution is -2.39. The van der Waals surface area contributed by atoms with Crippen LogP contribution in [0.3, 0.4) is 0 Å². The first-order valence-corrected chi connectivity index (χ1v) is 6.70. The van der Waals surface area contributed by atoms with Gasteiger partial charge in [-0.05, 0) is 30.2 Å². The summed E-state index contributed by atoms with van der Waals surface area (Å²) in [4.78, 5) is 11.7. The maximum Gasteiger partial charge on any atom is 0.244 e. The average Bonchev–Trinajstić information content (AvgIpc) is 2.37. The first-order valence-electron chi connectivity index (χ1n) is 5.91. The fourth-order valence-corrected chi connectivity index (χ4v) is 2.15. The Morgan fingerprint density at radius 2 is 2.32 bits per heavy atom. The van der Waals surface area contributed by atoms with Gasteiger partial charge in [-0.15, -0.1) is 0 Å². The summed E-state index contributed by atoms with van der Waals surface area (Å²) in [5.41, 5.74) is 2.07. The van der Waals surface area contributed by atoms with E-state index in [0.717, 1.165) is 15.6 Å². The van der Waals surface area contributed by atoms with Crippen LogP contribution < -0.4 is 5.32 Å². The molecule has 0 saturated heterocycles. The highest BCUT2D eigenvalue weighted by molar-refractivity contribution is 9.10. The molecule has 0 fully saturated rings. The van der Waals surface area contributed by atoms with Gasteiger partial charge in [-0.1, -0.05) is 28.1 Å². The van der Waals surface area contributed by atoms with Gasteiger partial charge in [-0.2, -0.15) is 0 Å². The second-order valence-electron chi connectivity index (χ2n) is 4.20. The van der Waals surface area contributed by atoms with Crippen molar-refractivity contribution in [1.29, 1.82) is 0 Å². The molecule has 1 rings (SSSR count). The molecule has 0 aliphatic carbocycles. The van der Waals surface area contributed by atoms with Crippen LogP contribution in [-0.4, -0.2) is 37.4 Å². The number of rotatable bonds is 6. The number of amides is 1. The molecule has 1 aromatic rings. The summed E-state index contributed by atoms with van der Waals surface area (Å²) in [5.74, 6) is -0.261. The van der Waals surface area contributed by atoms with Gasteiger partial charge >= 0.3 is 0 Å². The minimum absolute atomic E-state index is 0.151. The smallest absolute Gasteiger partial charge is 0.244 e. The normalized spacial score (nSPS) is 12.6. The number of benzene rings is 1. The molecule has 0 heterocycles. The second-order valence-corrected chi connectivity index (χ2v) is 5.06. The fraction of sp³-hybridized carbons (Fsp3) is 0.357. The minimum atomic E-state index is -0.386. The lowest BCUT2D eigenvalue weighted by molar-refractivity contribution is -0.117. The zero-order valence-electron chi connectivity index (χ0n) is 11.0. The van der Waals surface area contributed by atoms with E-state index >= 15 is 0 Å². The third kappa shape index (κ3) is 5.55. The Bertz CT molecular complexity index is 460. The molecule has 0 saturated carbocycles. The SMILES string of the molecule is COCC(CO)NC(=O)/C=C/c1ccc(C)cc1Br. The van der Waals surface area contributed by atoms with Crippen molar-refractivity contribution in [3.8, 4) is 0 Å². The van der Waals surface area contributed by atoms with E-state index in [2.05, 4.69) is 21.2 Å².